The maximum absolute atomic E-state index is 12.8. The third-order valence-electron chi connectivity index (χ3n) is 4.21. The predicted octanol–water partition coefficient (Wildman–Crippen LogP) is 4.63. The highest BCUT2D eigenvalue weighted by Gasteiger charge is 2.35. The van der Waals surface area contributed by atoms with E-state index in [2.05, 4.69) is 0 Å². The largest absolute Gasteiger partial charge is 0.493 e. The predicted molar refractivity (Wildman–Crippen MR) is 113 cm³/mol. The molecule has 0 bridgehead atoms. The highest BCUT2D eigenvalue weighted by atomic mass is 32.2. The maximum atomic E-state index is 12.8. The Morgan fingerprint density at radius 3 is 2.60 bits per heavy atom. The standard InChI is InChI=1S/C21H20N2O6S/c1-13(2)29-19-15(7-5-9-17(19)28-3)11-18-20(24)22(21(25)30-18)12-14-6-4-8-16(10-14)23(26)27/h4-11,13H,12H2,1-3H3. The van der Waals surface area contributed by atoms with Crippen LogP contribution in [0.3, 0.4) is 0 Å². The normalized spacial score (nSPS) is 15.2. The lowest BCUT2D eigenvalue weighted by molar-refractivity contribution is -0.384. The highest BCUT2D eigenvalue weighted by Crippen LogP contribution is 2.38. The van der Waals surface area contributed by atoms with E-state index in [1.165, 1.54) is 25.3 Å². The van der Waals surface area contributed by atoms with Gasteiger partial charge in [0, 0.05) is 17.7 Å². The number of non-ortho nitro benzene ring substituents is 1. The maximum Gasteiger partial charge on any atom is 0.293 e. The summed E-state index contributed by atoms with van der Waals surface area (Å²) < 4.78 is 11.2. The molecule has 1 heterocycles. The van der Waals surface area contributed by atoms with Crippen LogP contribution in [0.1, 0.15) is 25.0 Å². The fourth-order valence-corrected chi connectivity index (χ4v) is 3.73. The summed E-state index contributed by atoms with van der Waals surface area (Å²) in [5.74, 6) is 0.545. The van der Waals surface area contributed by atoms with Gasteiger partial charge in [-0.3, -0.25) is 24.6 Å². The van der Waals surface area contributed by atoms with Gasteiger partial charge < -0.3 is 9.47 Å². The van der Waals surface area contributed by atoms with Gasteiger partial charge in [-0.25, -0.2) is 0 Å². The van der Waals surface area contributed by atoms with Crippen LogP contribution in [-0.4, -0.2) is 34.2 Å². The number of hydrogen-bond donors (Lipinski definition) is 0. The van der Waals surface area contributed by atoms with E-state index >= 15 is 0 Å². The van der Waals surface area contributed by atoms with Crippen LogP contribution in [0.25, 0.3) is 6.08 Å². The zero-order valence-electron chi connectivity index (χ0n) is 16.7. The minimum absolute atomic E-state index is 0.0445. The number of benzene rings is 2. The molecule has 2 amide bonds. The zero-order valence-corrected chi connectivity index (χ0v) is 17.5. The highest BCUT2D eigenvalue weighted by molar-refractivity contribution is 8.18. The van der Waals surface area contributed by atoms with Crippen LogP contribution in [0.5, 0.6) is 11.5 Å². The van der Waals surface area contributed by atoms with Crippen LogP contribution in [0.15, 0.2) is 47.4 Å². The summed E-state index contributed by atoms with van der Waals surface area (Å²) in [5.41, 5.74) is 1.02. The van der Waals surface area contributed by atoms with Gasteiger partial charge in [-0.05, 0) is 43.3 Å². The molecule has 8 nitrogen and oxygen atoms in total. The van der Waals surface area contributed by atoms with Gasteiger partial charge in [-0.1, -0.05) is 24.3 Å². The number of amides is 2. The lowest BCUT2D eigenvalue weighted by Crippen LogP contribution is -2.27. The van der Waals surface area contributed by atoms with Gasteiger partial charge in [-0.2, -0.15) is 0 Å². The number of para-hydroxylation sites is 1. The summed E-state index contributed by atoms with van der Waals surface area (Å²) in [6.45, 7) is 3.71. The van der Waals surface area contributed by atoms with Crippen molar-refractivity contribution in [2.45, 2.75) is 26.5 Å². The van der Waals surface area contributed by atoms with E-state index in [-0.39, 0.29) is 23.2 Å². The molecule has 0 radical (unpaired) electrons. The Bertz CT molecular complexity index is 1030. The molecule has 1 aliphatic rings. The van der Waals surface area contributed by atoms with Crippen LogP contribution >= 0.6 is 11.8 Å². The van der Waals surface area contributed by atoms with Crippen molar-refractivity contribution in [2.75, 3.05) is 7.11 Å². The van der Waals surface area contributed by atoms with Crippen molar-refractivity contribution in [3.63, 3.8) is 0 Å². The van der Waals surface area contributed by atoms with Crippen LogP contribution in [0.2, 0.25) is 0 Å². The molecule has 0 atom stereocenters. The fraction of sp³-hybridized carbons (Fsp3) is 0.238. The fourth-order valence-electron chi connectivity index (χ4n) is 2.90. The summed E-state index contributed by atoms with van der Waals surface area (Å²) in [4.78, 5) is 37.0. The minimum atomic E-state index is -0.518. The van der Waals surface area contributed by atoms with Crippen molar-refractivity contribution >= 4 is 34.7 Å². The Balaban J connectivity index is 1.89. The van der Waals surface area contributed by atoms with E-state index in [0.29, 0.717) is 22.6 Å². The van der Waals surface area contributed by atoms with Crippen molar-refractivity contribution in [3.8, 4) is 11.5 Å². The summed E-state index contributed by atoms with van der Waals surface area (Å²) in [6, 6.07) is 11.2. The van der Waals surface area contributed by atoms with Crippen molar-refractivity contribution in [1.29, 1.82) is 0 Å². The molecule has 0 N–H and O–H groups in total. The number of imide groups is 1. The van der Waals surface area contributed by atoms with Gasteiger partial charge in [0.15, 0.2) is 11.5 Å². The van der Waals surface area contributed by atoms with E-state index in [9.17, 15) is 19.7 Å². The molecule has 0 unspecified atom stereocenters. The number of nitro benzene ring substituents is 1. The van der Waals surface area contributed by atoms with Crippen molar-refractivity contribution in [3.05, 3.63) is 68.6 Å². The number of ether oxygens (including phenoxy) is 2. The van der Waals surface area contributed by atoms with Gasteiger partial charge in [0.05, 0.1) is 29.6 Å². The molecular weight excluding hydrogens is 408 g/mol. The zero-order chi connectivity index (χ0) is 21.8. The first-order valence-corrected chi connectivity index (χ1v) is 9.94. The van der Waals surface area contributed by atoms with Gasteiger partial charge in [0.2, 0.25) is 0 Å². The van der Waals surface area contributed by atoms with E-state index in [1.54, 1.807) is 30.3 Å². The Morgan fingerprint density at radius 1 is 1.20 bits per heavy atom. The molecule has 0 saturated carbocycles. The Hall–Kier alpha value is -3.33. The molecule has 2 aromatic carbocycles. The average molecular weight is 428 g/mol. The van der Waals surface area contributed by atoms with Gasteiger partial charge >= 0.3 is 0 Å². The molecule has 1 aliphatic heterocycles. The van der Waals surface area contributed by atoms with Crippen LogP contribution in [0, 0.1) is 10.1 Å². The number of carbonyl (C=O) groups excluding carboxylic acids is 2. The van der Waals surface area contributed by atoms with E-state index in [1.807, 2.05) is 13.8 Å². The second kappa shape index (κ2) is 9.00. The van der Waals surface area contributed by atoms with E-state index in [0.717, 1.165) is 16.7 Å². The number of nitrogens with zero attached hydrogens (tertiary/aromatic N) is 2. The molecule has 0 aliphatic carbocycles. The van der Waals surface area contributed by atoms with Crippen LogP contribution in [-0.2, 0) is 11.3 Å². The number of methoxy groups -OCH3 is 1. The van der Waals surface area contributed by atoms with Gasteiger partial charge in [0.1, 0.15) is 0 Å². The van der Waals surface area contributed by atoms with Crippen molar-refractivity contribution < 1.29 is 24.0 Å². The second-order valence-corrected chi connectivity index (χ2v) is 7.73. The molecule has 30 heavy (non-hydrogen) atoms. The summed E-state index contributed by atoms with van der Waals surface area (Å²) in [5, 5.41) is 10.5. The number of hydrogen-bond acceptors (Lipinski definition) is 7. The number of rotatable bonds is 7. The molecule has 2 aromatic rings. The summed E-state index contributed by atoms with van der Waals surface area (Å²) in [6.07, 6.45) is 1.48. The smallest absolute Gasteiger partial charge is 0.293 e. The van der Waals surface area contributed by atoms with Crippen LogP contribution < -0.4 is 9.47 Å². The second-order valence-electron chi connectivity index (χ2n) is 6.74. The summed E-state index contributed by atoms with van der Waals surface area (Å²) in [7, 11) is 1.53. The molecule has 0 aromatic heterocycles. The quantitative estimate of drug-likeness (QED) is 0.360. The van der Waals surface area contributed by atoms with Crippen LogP contribution in [0.4, 0.5) is 10.5 Å². The third kappa shape index (κ3) is 4.62. The molecule has 156 valence electrons. The average Bonchev–Trinajstić information content (AvgIpc) is 2.96. The Morgan fingerprint density at radius 2 is 1.93 bits per heavy atom. The Kier molecular flexibility index (Phi) is 6.41. The number of nitro groups is 1. The van der Waals surface area contributed by atoms with Crippen molar-refractivity contribution in [1.82, 2.24) is 4.90 Å². The van der Waals surface area contributed by atoms with E-state index in [4.69, 9.17) is 9.47 Å². The molecule has 0 spiro atoms. The first-order valence-electron chi connectivity index (χ1n) is 9.12. The van der Waals surface area contributed by atoms with Gasteiger partial charge in [-0.15, -0.1) is 0 Å². The minimum Gasteiger partial charge on any atom is -0.493 e. The van der Waals surface area contributed by atoms with Gasteiger partial charge in [0.25, 0.3) is 16.8 Å². The third-order valence-corrected chi connectivity index (χ3v) is 5.11. The molecule has 3 rings (SSSR count). The first-order chi connectivity index (χ1) is 14.3. The number of carbonyl (C=O) groups is 2. The first kappa shape index (κ1) is 21.4. The molecule has 1 saturated heterocycles. The Labute approximate surface area is 177 Å². The molecule has 9 heteroatoms. The van der Waals surface area contributed by atoms with E-state index < -0.39 is 16.1 Å². The van der Waals surface area contributed by atoms with Crippen molar-refractivity contribution in [2.24, 2.45) is 0 Å². The SMILES string of the molecule is COc1cccc(C=C2SC(=O)N(Cc3cccc([N+](=O)[O-])c3)C2=O)c1OC(C)C. The lowest BCUT2D eigenvalue weighted by Gasteiger charge is -2.16. The molecular formula is C21H20N2O6S. The number of thioether (sulfide) groups is 1. The monoisotopic (exact) mass is 428 g/mol. The molecule has 1 fully saturated rings. The topological polar surface area (TPSA) is 99.0 Å². The lowest BCUT2D eigenvalue weighted by atomic mass is 10.1. The summed E-state index contributed by atoms with van der Waals surface area (Å²) >= 11 is 0.816.